The van der Waals surface area contributed by atoms with Crippen molar-refractivity contribution in [2.75, 3.05) is 32.7 Å². The molecular formula is C10H16N4O. The lowest BCUT2D eigenvalue weighted by Gasteiger charge is -2.34. The van der Waals surface area contributed by atoms with E-state index in [-0.39, 0.29) is 12.1 Å². The first-order chi connectivity index (χ1) is 7.33. The van der Waals surface area contributed by atoms with Crippen LogP contribution in [-0.2, 0) is 0 Å². The highest BCUT2D eigenvalue weighted by Gasteiger charge is 2.30. The van der Waals surface area contributed by atoms with Gasteiger partial charge in [0.1, 0.15) is 6.04 Å². The van der Waals surface area contributed by atoms with E-state index in [1.165, 1.54) is 0 Å². The molecule has 5 nitrogen and oxygen atoms in total. The summed E-state index contributed by atoms with van der Waals surface area (Å²) in [5, 5.41) is 12.1. The number of carbonyl (C=O) groups is 1. The Morgan fingerprint density at radius 1 is 1.33 bits per heavy atom. The highest BCUT2D eigenvalue weighted by Crippen LogP contribution is 2.13. The van der Waals surface area contributed by atoms with Crippen LogP contribution in [0.5, 0.6) is 0 Å². The molecule has 1 N–H and O–H groups in total. The molecule has 1 atom stereocenters. The average molecular weight is 208 g/mol. The lowest BCUT2D eigenvalue weighted by atomic mass is 10.2. The molecular weight excluding hydrogens is 192 g/mol. The predicted octanol–water partition coefficient (Wildman–Crippen LogP) is -0.000420. The van der Waals surface area contributed by atoms with Gasteiger partial charge in [-0.1, -0.05) is 0 Å². The molecule has 0 aromatic rings. The molecule has 0 saturated carbocycles. The molecule has 0 spiro atoms. The van der Waals surface area contributed by atoms with Crippen LogP contribution in [0.1, 0.15) is 12.8 Å². The summed E-state index contributed by atoms with van der Waals surface area (Å²) in [6, 6.07) is 1.92. The molecule has 2 amide bonds. The van der Waals surface area contributed by atoms with E-state index >= 15 is 0 Å². The molecule has 2 rings (SSSR count). The topological polar surface area (TPSA) is 59.4 Å². The first kappa shape index (κ1) is 10.2. The van der Waals surface area contributed by atoms with Crippen molar-refractivity contribution in [3.63, 3.8) is 0 Å². The summed E-state index contributed by atoms with van der Waals surface area (Å²) in [5.74, 6) is 0. The minimum Gasteiger partial charge on any atom is -0.325 e. The second-order valence-electron chi connectivity index (χ2n) is 4.02. The number of nitrogens with zero attached hydrogens (tertiary/aromatic N) is 3. The van der Waals surface area contributed by atoms with Crippen molar-refractivity contribution in [2.45, 2.75) is 18.9 Å². The van der Waals surface area contributed by atoms with E-state index in [0.717, 1.165) is 32.5 Å². The minimum absolute atomic E-state index is 0.0422. The molecule has 2 fully saturated rings. The Balaban J connectivity index is 2.00. The second-order valence-corrected chi connectivity index (χ2v) is 4.02. The zero-order valence-electron chi connectivity index (χ0n) is 8.78. The Morgan fingerprint density at radius 3 is 2.73 bits per heavy atom. The van der Waals surface area contributed by atoms with Crippen LogP contribution in [0.2, 0.25) is 0 Å². The standard InChI is InChI=1S/C10H16N4O/c11-7-9-8-12-3-6-14(9)10(15)13-4-1-2-5-13/h9,12H,1-6,8H2. The fourth-order valence-corrected chi connectivity index (χ4v) is 2.14. The van der Waals surface area contributed by atoms with Gasteiger partial charge in [-0.2, -0.15) is 5.26 Å². The SMILES string of the molecule is N#CC1CNCCN1C(=O)N1CCCC1. The summed E-state index contributed by atoms with van der Waals surface area (Å²) in [7, 11) is 0. The van der Waals surface area contributed by atoms with Gasteiger partial charge in [0.25, 0.3) is 0 Å². The van der Waals surface area contributed by atoms with Gasteiger partial charge in [0.2, 0.25) is 0 Å². The molecule has 0 aromatic carbocycles. The summed E-state index contributed by atoms with van der Waals surface area (Å²) >= 11 is 0. The Kier molecular flexibility index (Phi) is 3.07. The van der Waals surface area contributed by atoms with Crippen molar-refractivity contribution in [3.8, 4) is 6.07 Å². The number of nitrogens with one attached hydrogen (secondary N) is 1. The van der Waals surface area contributed by atoms with Gasteiger partial charge in [-0.05, 0) is 12.8 Å². The van der Waals surface area contributed by atoms with Crippen LogP contribution in [0.25, 0.3) is 0 Å². The van der Waals surface area contributed by atoms with Crippen LogP contribution < -0.4 is 5.32 Å². The van der Waals surface area contributed by atoms with E-state index in [0.29, 0.717) is 13.1 Å². The maximum absolute atomic E-state index is 12.0. The highest BCUT2D eigenvalue weighted by atomic mass is 16.2. The third-order valence-corrected chi connectivity index (χ3v) is 3.01. The number of piperazine rings is 1. The minimum atomic E-state index is -0.299. The molecule has 82 valence electrons. The zero-order valence-corrected chi connectivity index (χ0v) is 8.78. The normalized spacial score (nSPS) is 26.5. The molecule has 2 aliphatic heterocycles. The smallest absolute Gasteiger partial charge is 0.321 e. The third kappa shape index (κ3) is 2.05. The Morgan fingerprint density at radius 2 is 2.07 bits per heavy atom. The lowest BCUT2D eigenvalue weighted by Crippen LogP contribution is -2.56. The van der Waals surface area contributed by atoms with Crippen LogP contribution in [-0.4, -0.2) is 54.6 Å². The number of hydrogen-bond donors (Lipinski definition) is 1. The number of nitriles is 1. The molecule has 0 aliphatic carbocycles. The van der Waals surface area contributed by atoms with Crippen LogP contribution in [0, 0.1) is 11.3 Å². The van der Waals surface area contributed by atoms with Crippen molar-refractivity contribution < 1.29 is 4.79 Å². The molecule has 2 aliphatic rings. The van der Waals surface area contributed by atoms with Crippen molar-refractivity contribution in [1.82, 2.24) is 15.1 Å². The molecule has 2 saturated heterocycles. The van der Waals surface area contributed by atoms with E-state index < -0.39 is 0 Å². The van der Waals surface area contributed by atoms with E-state index in [4.69, 9.17) is 5.26 Å². The number of amides is 2. The number of likely N-dealkylation sites (tertiary alicyclic amines) is 1. The fourth-order valence-electron chi connectivity index (χ4n) is 2.14. The number of hydrogen-bond acceptors (Lipinski definition) is 3. The monoisotopic (exact) mass is 208 g/mol. The van der Waals surface area contributed by atoms with Crippen molar-refractivity contribution >= 4 is 6.03 Å². The summed E-state index contributed by atoms with van der Waals surface area (Å²) in [6.45, 7) is 3.73. The Bertz CT molecular complexity index is 280. The second kappa shape index (κ2) is 4.49. The van der Waals surface area contributed by atoms with Gasteiger partial charge < -0.3 is 15.1 Å². The molecule has 1 unspecified atom stereocenters. The zero-order chi connectivity index (χ0) is 10.7. The Hall–Kier alpha value is -1.28. The number of rotatable bonds is 0. The first-order valence-corrected chi connectivity index (χ1v) is 5.49. The predicted molar refractivity (Wildman–Crippen MR) is 55.2 cm³/mol. The van der Waals surface area contributed by atoms with E-state index in [9.17, 15) is 4.79 Å². The maximum Gasteiger partial charge on any atom is 0.321 e. The highest BCUT2D eigenvalue weighted by molar-refractivity contribution is 5.75. The fraction of sp³-hybridized carbons (Fsp3) is 0.800. The summed E-state index contributed by atoms with van der Waals surface area (Å²) < 4.78 is 0. The summed E-state index contributed by atoms with van der Waals surface area (Å²) in [5.41, 5.74) is 0. The van der Waals surface area contributed by atoms with E-state index in [2.05, 4.69) is 11.4 Å². The number of carbonyl (C=O) groups excluding carboxylic acids is 1. The van der Waals surface area contributed by atoms with E-state index in [1.807, 2.05) is 4.90 Å². The van der Waals surface area contributed by atoms with Crippen LogP contribution in [0.15, 0.2) is 0 Å². The van der Waals surface area contributed by atoms with E-state index in [1.54, 1.807) is 4.90 Å². The van der Waals surface area contributed by atoms with Crippen molar-refractivity contribution in [3.05, 3.63) is 0 Å². The van der Waals surface area contributed by atoms with Gasteiger partial charge >= 0.3 is 6.03 Å². The lowest BCUT2D eigenvalue weighted by molar-refractivity contribution is 0.142. The van der Waals surface area contributed by atoms with Gasteiger partial charge in [-0.15, -0.1) is 0 Å². The van der Waals surface area contributed by atoms with Crippen molar-refractivity contribution in [2.24, 2.45) is 0 Å². The molecule has 5 heteroatoms. The van der Waals surface area contributed by atoms with Crippen LogP contribution >= 0.6 is 0 Å². The molecule has 0 bridgehead atoms. The van der Waals surface area contributed by atoms with Gasteiger partial charge in [0.05, 0.1) is 6.07 Å². The number of urea groups is 1. The van der Waals surface area contributed by atoms with Gasteiger partial charge in [0.15, 0.2) is 0 Å². The maximum atomic E-state index is 12.0. The third-order valence-electron chi connectivity index (χ3n) is 3.01. The Labute approximate surface area is 89.6 Å². The van der Waals surface area contributed by atoms with Gasteiger partial charge in [-0.3, -0.25) is 0 Å². The average Bonchev–Trinajstić information content (AvgIpc) is 2.81. The quantitative estimate of drug-likeness (QED) is 0.609. The summed E-state index contributed by atoms with van der Waals surface area (Å²) in [6.07, 6.45) is 2.18. The summed E-state index contributed by atoms with van der Waals surface area (Å²) in [4.78, 5) is 15.6. The van der Waals surface area contributed by atoms with Crippen LogP contribution in [0.3, 0.4) is 0 Å². The molecule has 0 aromatic heterocycles. The van der Waals surface area contributed by atoms with Crippen molar-refractivity contribution in [1.29, 1.82) is 5.26 Å². The van der Waals surface area contributed by atoms with Gasteiger partial charge in [-0.25, -0.2) is 4.79 Å². The van der Waals surface area contributed by atoms with Gasteiger partial charge in [0, 0.05) is 32.7 Å². The first-order valence-electron chi connectivity index (χ1n) is 5.49. The molecule has 15 heavy (non-hydrogen) atoms. The molecule has 0 radical (unpaired) electrons. The van der Waals surface area contributed by atoms with Crippen LogP contribution in [0.4, 0.5) is 4.79 Å². The molecule has 2 heterocycles. The largest absolute Gasteiger partial charge is 0.325 e.